The minimum Gasteiger partial charge on any atom is -0.477 e. The summed E-state index contributed by atoms with van der Waals surface area (Å²) in [5.74, 6) is -2.36. The van der Waals surface area contributed by atoms with Crippen LogP contribution in [0.4, 0.5) is 14.5 Å². The lowest BCUT2D eigenvalue weighted by Crippen LogP contribution is -2.27. The van der Waals surface area contributed by atoms with Crippen molar-refractivity contribution in [3.63, 3.8) is 0 Å². The molecule has 0 amide bonds. The molecule has 3 rings (SSSR count). The number of carbonyl (C=O) groups is 1. The highest BCUT2D eigenvalue weighted by Gasteiger charge is 2.17. The standard InChI is InChI=1S/C26H26F2N2O2S2/c1-3-5-9-30(10-6-4-2)25-21(27)11-17(12-22(25)28)7-8-19-14-23-24(33-19)15-20(34-23)13-18(16-29)26(31)32/h7-8,11-15H,3-6,9-10H2,1-2H3,(H,31,32)/b8-7+,18-13+. The quantitative estimate of drug-likeness (QED) is 0.215. The van der Waals surface area contributed by atoms with E-state index < -0.39 is 17.6 Å². The summed E-state index contributed by atoms with van der Waals surface area (Å²) in [5, 5.41) is 17.9. The van der Waals surface area contributed by atoms with Gasteiger partial charge in [-0.15, -0.1) is 22.7 Å². The first-order chi connectivity index (χ1) is 16.4. The lowest BCUT2D eigenvalue weighted by atomic mass is 10.1. The van der Waals surface area contributed by atoms with Crippen molar-refractivity contribution in [1.82, 2.24) is 0 Å². The lowest BCUT2D eigenvalue weighted by molar-refractivity contribution is -0.132. The van der Waals surface area contributed by atoms with Gasteiger partial charge in [0.15, 0.2) is 0 Å². The number of benzene rings is 1. The summed E-state index contributed by atoms with van der Waals surface area (Å²) in [7, 11) is 0. The minimum atomic E-state index is -1.26. The SMILES string of the molecule is CCCCN(CCCC)c1c(F)cc(/C=C/c2cc3sc(/C=C(\C#N)C(=O)O)cc3s2)cc1F. The summed E-state index contributed by atoms with van der Waals surface area (Å²) in [5.41, 5.74) is 0.184. The van der Waals surface area contributed by atoms with Crippen LogP contribution in [0.25, 0.3) is 27.6 Å². The fourth-order valence-electron chi connectivity index (χ4n) is 3.51. The van der Waals surface area contributed by atoms with Gasteiger partial charge in [-0.1, -0.05) is 32.8 Å². The highest BCUT2D eigenvalue weighted by Crippen LogP contribution is 2.35. The second kappa shape index (κ2) is 11.9. The summed E-state index contributed by atoms with van der Waals surface area (Å²) < 4.78 is 31.7. The molecule has 1 N–H and O–H groups in total. The highest BCUT2D eigenvalue weighted by molar-refractivity contribution is 7.28. The number of nitriles is 1. The number of anilines is 1. The largest absolute Gasteiger partial charge is 0.477 e. The molecule has 3 aromatic rings. The summed E-state index contributed by atoms with van der Waals surface area (Å²) >= 11 is 2.87. The molecule has 0 saturated heterocycles. The van der Waals surface area contributed by atoms with Crippen LogP contribution >= 0.6 is 22.7 Å². The Morgan fingerprint density at radius 3 is 2.09 bits per heavy atom. The van der Waals surface area contributed by atoms with Gasteiger partial charge in [0, 0.05) is 32.2 Å². The van der Waals surface area contributed by atoms with E-state index in [0.717, 1.165) is 40.0 Å². The average Bonchev–Trinajstić information content (AvgIpc) is 3.35. The van der Waals surface area contributed by atoms with E-state index in [2.05, 4.69) is 13.8 Å². The van der Waals surface area contributed by atoms with E-state index in [1.165, 1.54) is 40.9 Å². The third-order valence-electron chi connectivity index (χ3n) is 5.24. The number of rotatable bonds is 11. The van der Waals surface area contributed by atoms with E-state index in [9.17, 15) is 13.6 Å². The molecule has 0 radical (unpaired) electrons. The molecule has 2 heterocycles. The number of carboxylic acids is 1. The van der Waals surface area contributed by atoms with Crippen LogP contribution in [-0.2, 0) is 4.79 Å². The molecule has 0 aliphatic carbocycles. The van der Waals surface area contributed by atoms with Crippen LogP contribution in [0.3, 0.4) is 0 Å². The first-order valence-corrected chi connectivity index (χ1v) is 12.8. The van der Waals surface area contributed by atoms with Crippen molar-refractivity contribution in [1.29, 1.82) is 5.26 Å². The number of hydrogen-bond acceptors (Lipinski definition) is 5. The second-order valence-corrected chi connectivity index (χ2v) is 10.1. The van der Waals surface area contributed by atoms with E-state index in [4.69, 9.17) is 10.4 Å². The molecule has 1 aromatic carbocycles. The van der Waals surface area contributed by atoms with Gasteiger partial charge in [0.2, 0.25) is 0 Å². The fourth-order valence-corrected chi connectivity index (χ4v) is 5.77. The van der Waals surface area contributed by atoms with Gasteiger partial charge in [-0.25, -0.2) is 13.6 Å². The smallest absolute Gasteiger partial charge is 0.346 e. The topological polar surface area (TPSA) is 64.3 Å². The Hall–Kier alpha value is -3.02. The summed E-state index contributed by atoms with van der Waals surface area (Å²) in [6.07, 6.45) is 8.53. The van der Waals surface area contributed by atoms with E-state index >= 15 is 0 Å². The third kappa shape index (κ3) is 6.31. The Kier molecular flexibility index (Phi) is 8.97. The fraction of sp³-hybridized carbons (Fsp3) is 0.308. The first-order valence-electron chi connectivity index (χ1n) is 11.2. The van der Waals surface area contributed by atoms with Gasteiger partial charge in [0.05, 0.1) is 0 Å². The first kappa shape index (κ1) is 25.6. The van der Waals surface area contributed by atoms with Crippen molar-refractivity contribution in [2.75, 3.05) is 18.0 Å². The Morgan fingerprint density at radius 2 is 1.56 bits per heavy atom. The molecule has 0 aliphatic heterocycles. The van der Waals surface area contributed by atoms with Crippen LogP contribution < -0.4 is 4.90 Å². The summed E-state index contributed by atoms with van der Waals surface area (Å²) in [4.78, 5) is 14.4. The molecule has 2 aromatic heterocycles. The van der Waals surface area contributed by atoms with Crippen molar-refractivity contribution in [2.45, 2.75) is 39.5 Å². The predicted molar refractivity (Wildman–Crippen MR) is 138 cm³/mol. The third-order valence-corrected chi connectivity index (χ3v) is 7.45. The van der Waals surface area contributed by atoms with Crippen molar-refractivity contribution < 1.29 is 18.7 Å². The minimum absolute atomic E-state index is 0.0503. The number of thiophene rings is 2. The van der Waals surface area contributed by atoms with Crippen LogP contribution in [-0.4, -0.2) is 24.2 Å². The molecule has 0 aliphatic rings. The summed E-state index contributed by atoms with van der Waals surface area (Å²) in [6, 6.07) is 8.18. The Bertz CT molecular complexity index is 1210. The Morgan fingerprint density at radius 1 is 1.00 bits per heavy atom. The lowest BCUT2D eigenvalue weighted by Gasteiger charge is -2.25. The number of unbranched alkanes of at least 4 members (excludes halogenated alkanes) is 2. The molecule has 178 valence electrons. The van der Waals surface area contributed by atoms with Gasteiger partial charge in [0.1, 0.15) is 29.0 Å². The maximum Gasteiger partial charge on any atom is 0.346 e. The Labute approximate surface area is 206 Å². The zero-order chi connectivity index (χ0) is 24.7. The zero-order valence-electron chi connectivity index (χ0n) is 19.1. The van der Waals surface area contributed by atoms with Gasteiger partial charge in [-0.2, -0.15) is 5.26 Å². The number of aliphatic carboxylic acids is 1. The van der Waals surface area contributed by atoms with Gasteiger partial charge in [-0.3, -0.25) is 0 Å². The summed E-state index contributed by atoms with van der Waals surface area (Å²) in [6.45, 7) is 5.38. The van der Waals surface area contributed by atoms with Crippen molar-refractivity contribution >= 4 is 62.0 Å². The number of halogens is 2. The molecule has 0 fully saturated rings. The van der Waals surface area contributed by atoms with Crippen LogP contribution in [0.1, 0.15) is 54.8 Å². The van der Waals surface area contributed by atoms with E-state index in [-0.39, 0.29) is 11.3 Å². The molecule has 0 unspecified atom stereocenters. The van der Waals surface area contributed by atoms with Crippen LogP contribution in [0.2, 0.25) is 0 Å². The predicted octanol–water partition coefficient (Wildman–Crippen LogP) is 7.81. The molecular formula is C26H26F2N2O2S2. The van der Waals surface area contributed by atoms with E-state index in [1.54, 1.807) is 12.1 Å². The monoisotopic (exact) mass is 500 g/mol. The molecule has 8 heteroatoms. The number of hydrogen-bond donors (Lipinski definition) is 1. The molecule has 4 nitrogen and oxygen atoms in total. The normalized spacial score (nSPS) is 11.9. The van der Waals surface area contributed by atoms with Gasteiger partial charge in [-0.05, 0) is 54.8 Å². The van der Waals surface area contributed by atoms with Gasteiger partial charge < -0.3 is 10.0 Å². The van der Waals surface area contributed by atoms with Crippen molar-refractivity contribution in [2.24, 2.45) is 0 Å². The van der Waals surface area contributed by atoms with E-state index in [0.29, 0.717) is 23.5 Å². The molecule has 0 saturated carbocycles. The molecular weight excluding hydrogens is 474 g/mol. The van der Waals surface area contributed by atoms with E-state index in [1.807, 2.05) is 23.1 Å². The van der Waals surface area contributed by atoms with Crippen LogP contribution in [0, 0.1) is 23.0 Å². The van der Waals surface area contributed by atoms with Crippen LogP contribution in [0.5, 0.6) is 0 Å². The Balaban J connectivity index is 1.80. The highest BCUT2D eigenvalue weighted by atomic mass is 32.1. The van der Waals surface area contributed by atoms with Crippen molar-refractivity contribution in [3.05, 3.63) is 56.8 Å². The number of carboxylic acid groups (broad SMARTS) is 1. The maximum absolute atomic E-state index is 14.9. The van der Waals surface area contributed by atoms with Crippen molar-refractivity contribution in [3.8, 4) is 6.07 Å². The maximum atomic E-state index is 14.9. The zero-order valence-corrected chi connectivity index (χ0v) is 20.7. The number of fused-ring (bicyclic) bond motifs is 1. The average molecular weight is 501 g/mol. The van der Waals surface area contributed by atoms with Gasteiger partial charge in [0.25, 0.3) is 0 Å². The second-order valence-electron chi connectivity index (χ2n) is 7.86. The molecule has 0 bridgehead atoms. The van der Waals surface area contributed by atoms with Crippen LogP contribution in [0.15, 0.2) is 29.8 Å². The molecule has 0 atom stereocenters. The molecule has 34 heavy (non-hydrogen) atoms. The van der Waals surface area contributed by atoms with Gasteiger partial charge >= 0.3 is 5.97 Å². The number of nitrogens with zero attached hydrogens (tertiary/aromatic N) is 2. The molecule has 0 spiro atoms.